The van der Waals surface area contributed by atoms with Crippen LogP contribution < -0.4 is 0 Å². The molecule has 1 aromatic carbocycles. The number of benzene rings is 1. The van der Waals surface area contributed by atoms with E-state index in [1.54, 1.807) is 11.1 Å². The van der Waals surface area contributed by atoms with E-state index in [9.17, 15) is 0 Å². The molecule has 0 bridgehead atoms. The Morgan fingerprint density at radius 3 is 2.29 bits per heavy atom. The molecule has 0 spiro atoms. The lowest BCUT2D eigenvalue weighted by Gasteiger charge is -2.33. The van der Waals surface area contributed by atoms with Crippen molar-refractivity contribution in [3.05, 3.63) is 35.4 Å². The molecule has 17 heavy (non-hydrogen) atoms. The third kappa shape index (κ3) is 3.15. The third-order valence-electron chi connectivity index (χ3n) is 4.00. The molecular weight excluding hydrogens is 253 g/mol. The highest BCUT2D eigenvalue weighted by molar-refractivity contribution is 5.85. The summed E-state index contributed by atoms with van der Waals surface area (Å²) >= 11 is 0. The molecule has 1 nitrogen and oxygen atoms in total. The van der Waals surface area contributed by atoms with E-state index in [2.05, 4.69) is 29.2 Å². The summed E-state index contributed by atoms with van der Waals surface area (Å²) in [4.78, 5) is 2.70. The van der Waals surface area contributed by atoms with E-state index in [1.807, 2.05) is 0 Å². The summed E-state index contributed by atoms with van der Waals surface area (Å²) in [5.41, 5.74) is 3.14. The molecule has 3 rings (SSSR count). The lowest BCUT2D eigenvalue weighted by molar-refractivity contribution is 0.181. The van der Waals surface area contributed by atoms with Crippen LogP contribution in [0.4, 0.5) is 0 Å². The highest BCUT2D eigenvalue weighted by atomic mass is 35.5. The molecule has 0 N–H and O–H groups in total. The molecule has 1 fully saturated rings. The van der Waals surface area contributed by atoms with Crippen LogP contribution in [0.2, 0.25) is 0 Å². The van der Waals surface area contributed by atoms with Gasteiger partial charge in [-0.05, 0) is 30.4 Å². The van der Waals surface area contributed by atoms with Crippen molar-refractivity contribution >= 4 is 24.8 Å². The number of rotatable bonds is 1. The topological polar surface area (TPSA) is 3.24 Å². The number of hydrogen-bond acceptors (Lipinski definition) is 1. The highest BCUT2D eigenvalue weighted by Gasteiger charge is 2.25. The first-order valence-electron chi connectivity index (χ1n) is 6.24. The van der Waals surface area contributed by atoms with Crippen molar-refractivity contribution in [1.82, 2.24) is 4.90 Å². The second kappa shape index (κ2) is 6.63. The SMILES string of the molecule is Cl.Cl.c1ccc2c(c1)CCN(C1CCCC1)C2. The summed E-state index contributed by atoms with van der Waals surface area (Å²) in [7, 11) is 0. The van der Waals surface area contributed by atoms with Gasteiger partial charge in [0, 0.05) is 19.1 Å². The minimum atomic E-state index is 0. The monoisotopic (exact) mass is 273 g/mol. The van der Waals surface area contributed by atoms with Gasteiger partial charge in [0.2, 0.25) is 0 Å². The van der Waals surface area contributed by atoms with Crippen LogP contribution in [0.3, 0.4) is 0 Å². The van der Waals surface area contributed by atoms with Crippen molar-refractivity contribution in [3.8, 4) is 0 Å². The average molecular weight is 274 g/mol. The normalized spacial score (nSPS) is 20.2. The molecule has 0 atom stereocenters. The van der Waals surface area contributed by atoms with E-state index in [0.717, 1.165) is 6.04 Å². The maximum atomic E-state index is 2.70. The van der Waals surface area contributed by atoms with Gasteiger partial charge in [0.1, 0.15) is 0 Å². The number of fused-ring (bicyclic) bond motifs is 1. The predicted molar refractivity (Wildman–Crippen MR) is 77.3 cm³/mol. The fourth-order valence-corrected chi connectivity index (χ4v) is 3.10. The number of hydrogen-bond donors (Lipinski definition) is 0. The zero-order chi connectivity index (χ0) is 10.1. The second-order valence-electron chi connectivity index (χ2n) is 4.93. The van der Waals surface area contributed by atoms with Gasteiger partial charge in [-0.1, -0.05) is 37.1 Å². The summed E-state index contributed by atoms with van der Waals surface area (Å²) in [6.45, 7) is 2.47. The molecule has 1 saturated carbocycles. The predicted octanol–water partition coefficient (Wildman–Crippen LogP) is 3.83. The van der Waals surface area contributed by atoms with Gasteiger partial charge >= 0.3 is 0 Å². The molecule has 1 aliphatic carbocycles. The van der Waals surface area contributed by atoms with Crippen LogP contribution in [0.5, 0.6) is 0 Å². The van der Waals surface area contributed by atoms with Gasteiger partial charge in [0.25, 0.3) is 0 Å². The van der Waals surface area contributed by atoms with Crippen molar-refractivity contribution in [2.75, 3.05) is 6.54 Å². The summed E-state index contributed by atoms with van der Waals surface area (Å²) in [5.74, 6) is 0. The summed E-state index contributed by atoms with van der Waals surface area (Å²) in [5, 5.41) is 0. The van der Waals surface area contributed by atoms with E-state index < -0.39 is 0 Å². The highest BCUT2D eigenvalue weighted by Crippen LogP contribution is 2.28. The van der Waals surface area contributed by atoms with Crippen LogP contribution in [0.1, 0.15) is 36.8 Å². The van der Waals surface area contributed by atoms with Crippen LogP contribution in [-0.2, 0) is 13.0 Å². The molecule has 0 aromatic heterocycles. The Balaban J connectivity index is 0.000000722. The molecule has 1 aliphatic heterocycles. The standard InChI is InChI=1S/C14H19N.2ClH/c1-2-6-13-11-15(10-9-12(13)5-1)14-7-3-4-8-14;;/h1-2,5-6,14H,3-4,7-11H2;2*1H. The molecular formula is C14H21Cl2N. The molecule has 0 unspecified atom stereocenters. The maximum absolute atomic E-state index is 2.70. The van der Waals surface area contributed by atoms with Gasteiger partial charge in [-0.15, -0.1) is 24.8 Å². The Labute approximate surface area is 116 Å². The van der Waals surface area contributed by atoms with E-state index in [0.29, 0.717) is 0 Å². The number of nitrogens with zero attached hydrogens (tertiary/aromatic N) is 1. The zero-order valence-electron chi connectivity index (χ0n) is 10.1. The van der Waals surface area contributed by atoms with Gasteiger partial charge in [-0.2, -0.15) is 0 Å². The van der Waals surface area contributed by atoms with Gasteiger partial charge in [0.05, 0.1) is 0 Å². The first-order valence-corrected chi connectivity index (χ1v) is 6.24. The Morgan fingerprint density at radius 1 is 0.941 bits per heavy atom. The smallest absolute Gasteiger partial charge is 0.0239 e. The largest absolute Gasteiger partial charge is 0.296 e. The fourth-order valence-electron chi connectivity index (χ4n) is 3.10. The lowest BCUT2D eigenvalue weighted by Crippen LogP contribution is -2.37. The van der Waals surface area contributed by atoms with E-state index in [1.165, 1.54) is 45.2 Å². The minimum Gasteiger partial charge on any atom is -0.296 e. The van der Waals surface area contributed by atoms with Crippen LogP contribution >= 0.6 is 24.8 Å². The van der Waals surface area contributed by atoms with Crippen LogP contribution in [0.15, 0.2) is 24.3 Å². The summed E-state index contributed by atoms with van der Waals surface area (Å²) < 4.78 is 0. The minimum absolute atomic E-state index is 0. The Kier molecular flexibility index (Phi) is 5.78. The Morgan fingerprint density at radius 2 is 1.59 bits per heavy atom. The molecule has 96 valence electrons. The fraction of sp³-hybridized carbons (Fsp3) is 0.571. The van der Waals surface area contributed by atoms with Gasteiger partial charge < -0.3 is 0 Å². The van der Waals surface area contributed by atoms with Crippen molar-refractivity contribution in [1.29, 1.82) is 0 Å². The Bertz CT molecular complexity index is 348. The van der Waals surface area contributed by atoms with Crippen molar-refractivity contribution in [2.24, 2.45) is 0 Å². The van der Waals surface area contributed by atoms with Crippen LogP contribution in [0.25, 0.3) is 0 Å². The quantitative estimate of drug-likeness (QED) is 0.752. The second-order valence-corrected chi connectivity index (χ2v) is 4.93. The molecule has 1 aromatic rings. The number of halogens is 2. The summed E-state index contributed by atoms with van der Waals surface area (Å²) in [6.07, 6.45) is 7.02. The van der Waals surface area contributed by atoms with Crippen LogP contribution in [0, 0.1) is 0 Å². The van der Waals surface area contributed by atoms with Crippen LogP contribution in [-0.4, -0.2) is 17.5 Å². The first-order chi connectivity index (χ1) is 7.43. The van der Waals surface area contributed by atoms with Gasteiger partial charge in [-0.25, -0.2) is 0 Å². The molecule has 0 radical (unpaired) electrons. The third-order valence-corrected chi connectivity index (χ3v) is 4.00. The molecule has 0 amide bonds. The first kappa shape index (κ1) is 14.8. The maximum Gasteiger partial charge on any atom is 0.0239 e. The van der Waals surface area contributed by atoms with Gasteiger partial charge in [0.15, 0.2) is 0 Å². The Hall–Kier alpha value is -0.240. The van der Waals surface area contributed by atoms with Crippen molar-refractivity contribution in [2.45, 2.75) is 44.7 Å². The van der Waals surface area contributed by atoms with Crippen molar-refractivity contribution in [3.63, 3.8) is 0 Å². The zero-order valence-corrected chi connectivity index (χ0v) is 11.7. The molecule has 2 aliphatic rings. The van der Waals surface area contributed by atoms with E-state index in [4.69, 9.17) is 0 Å². The molecule has 1 heterocycles. The molecule has 3 heteroatoms. The van der Waals surface area contributed by atoms with E-state index in [-0.39, 0.29) is 24.8 Å². The summed E-state index contributed by atoms with van der Waals surface area (Å²) in [6, 6.07) is 9.83. The average Bonchev–Trinajstić information content (AvgIpc) is 2.82. The van der Waals surface area contributed by atoms with Gasteiger partial charge in [-0.3, -0.25) is 4.90 Å². The molecule has 0 saturated heterocycles. The lowest BCUT2D eigenvalue weighted by atomic mass is 9.98. The van der Waals surface area contributed by atoms with Crippen molar-refractivity contribution < 1.29 is 0 Å². The van der Waals surface area contributed by atoms with E-state index >= 15 is 0 Å².